The summed E-state index contributed by atoms with van der Waals surface area (Å²) in [5, 5.41) is 1.32. The smallest absolute Gasteiger partial charge is 0.269 e. The topological polar surface area (TPSA) is 74.3 Å². The molecule has 0 aliphatic carbocycles. The molecule has 1 heterocycles. The van der Waals surface area contributed by atoms with Gasteiger partial charge < -0.3 is 10.5 Å². The highest BCUT2D eigenvalue weighted by Crippen LogP contribution is 2.26. The second-order valence-corrected chi connectivity index (χ2v) is 6.23. The molecule has 3 aromatic rings. The van der Waals surface area contributed by atoms with E-state index in [9.17, 15) is 9.59 Å². The van der Waals surface area contributed by atoms with Gasteiger partial charge in [-0.15, -0.1) is 0 Å². The van der Waals surface area contributed by atoms with Crippen LogP contribution in [0.15, 0.2) is 42.6 Å². The molecular weight excluding hydrogens is 340 g/mol. The molecule has 0 atom stereocenters. The van der Waals surface area contributed by atoms with Gasteiger partial charge in [0.05, 0.1) is 11.1 Å². The zero-order valence-electron chi connectivity index (χ0n) is 13.9. The van der Waals surface area contributed by atoms with Gasteiger partial charge in [0.25, 0.3) is 11.8 Å². The molecule has 1 aromatic heterocycles. The van der Waals surface area contributed by atoms with E-state index in [1.165, 1.54) is 10.8 Å². The van der Waals surface area contributed by atoms with Gasteiger partial charge in [0.2, 0.25) is 0 Å². The summed E-state index contributed by atoms with van der Waals surface area (Å²) in [5.41, 5.74) is 8.09. The fourth-order valence-electron chi connectivity index (χ4n) is 2.79. The molecule has 0 saturated heterocycles. The number of carbonyl (C=O) groups is 2. The summed E-state index contributed by atoms with van der Waals surface area (Å²) in [4.78, 5) is 24.2. The van der Waals surface area contributed by atoms with Crippen LogP contribution in [-0.4, -0.2) is 23.0 Å². The first-order valence-electron chi connectivity index (χ1n) is 7.71. The number of benzene rings is 2. The van der Waals surface area contributed by atoms with Crippen molar-refractivity contribution in [2.24, 2.45) is 5.73 Å². The van der Waals surface area contributed by atoms with Gasteiger partial charge in [-0.3, -0.25) is 14.2 Å². The highest BCUT2D eigenvalue weighted by Gasteiger charge is 2.17. The molecule has 1 amide bonds. The summed E-state index contributed by atoms with van der Waals surface area (Å²) in [6.45, 7) is 3.59. The van der Waals surface area contributed by atoms with Crippen molar-refractivity contribution in [1.82, 2.24) is 4.57 Å². The molecule has 2 N–H and O–H groups in total. The number of aromatic nitrogens is 1. The van der Waals surface area contributed by atoms with Gasteiger partial charge in [0, 0.05) is 16.6 Å². The number of hydrogen-bond acceptors (Lipinski definition) is 3. The number of rotatable bonds is 4. The van der Waals surface area contributed by atoms with Crippen LogP contribution in [0, 0.1) is 13.8 Å². The Hall–Kier alpha value is -2.79. The van der Waals surface area contributed by atoms with Crippen LogP contribution in [0.25, 0.3) is 10.9 Å². The molecule has 0 aliphatic rings. The summed E-state index contributed by atoms with van der Waals surface area (Å²) < 4.78 is 7.01. The summed E-state index contributed by atoms with van der Waals surface area (Å²) in [6, 6.07) is 10.7. The number of para-hydroxylation sites is 1. The van der Waals surface area contributed by atoms with Gasteiger partial charge in [0.1, 0.15) is 5.75 Å². The van der Waals surface area contributed by atoms with Gasteiger partial charge in [-0.2, -0.15) is 0 Å². The lowest BCUT2D eigenvalue weighted by Gasteiger charge is -2.10. The first-order valence-corrected chi connectivity index (χ1v) is 8.09. The third kappa shape index (κ3) is 3.23. The Kier molecular flexibility index (Phi) is 4.51. The van der Waals surface area contributed by atoms with Crippen LogP contribution in [0.1, 0.15) is 26.3 Å². The second kappa shape index (κ2) is 6.61. The highest BCUT2D eigenvalue weighted by atomic mass is 35.5. The molecule has 25 heavy (non-hydrogen) atoms. The molecule has 0 bridgehead atoms. The highest BCUT2D eigenvalue weighted by molar-refractivity contribution is 6.32. The van der Waals surface area contributed by atoms with Crippen LogP contribution in [0.2, 0.25) is 5.02 Å². The first kappa shape index (κ1) is 17.0. The van der Waals surface area contributed by atoms with Crippen molar-refractivity contribution in [3.63, 3.8) is 0 Å². The zero-order chi connectivity index (χ0) is 18.1. The van der Waals surface area contributed by atoms with Crippen LogP contribution in [0.4, 0.5) is 0 Å². The van der Waals surface area contributed by atoms with Gasteiger partial charge in [-0.1, -0.05) is 29.8 Å². The number of aryl methyl sites for hydroxylation is 2. The molecule has 128 valence electrons. The number of hydrogen-bond donors (Lipinski definition) is 1. The average molecular weight is 357 g/mol. The van der Waals surface area contributed by atoms with E-state index < -0.39 is 5.91 Å². The fourth-order valence-corrected chi connectivity index (χ4v) is 2.90. The minimum absolute atomic E-state index is 0.169. The number of ether oxygens (including phenoxy) is 1. The van der Waals surface area contributed by atoms with E-state index in [0.29, 0.717) is 27.2 Å². The third-order valence-electron chi connectivity index (χ3n) is 4.02. The molecule has 2 aromatic carbocycles. The molecule has 0 radical (unpaired) electrons. The van der Waals surface area contributed by atoms with Crippen molar-refractivity contribution < 1.29 is 14.3 Å². The van der Waals surface area contributed by atoms with E-state index in [1.807, 2.05) is 13.8 Å². The van der Waals surface area contributed by atoms with Crippen molar-refractivity contribution in [2.45, 2.75) is 13.8 Å². The lowest BCUT2D eigenvalue weighted by Crippen LogP contribution is -2.19. The number of nitrogens with zero attached hydrogens (tertiary/aromatic N) is 1. The lowest BCUT2D eigenvalue weighted by atomic mass is 10.1. The Morgan fingerprint density at radius 1 is 1.16 bits per heavy atom. The molecule has 5 nitrogen and oxygen atoms in total. The molecule has 0 fully saturated rings. The first-order chi connectivity index (χ1) is 11.9. The second-order valence-electron chi connectivity index (χ2n) is 5.85. The Labute approximate surface area is 149 Å². The molecule has 0 spiro atoms. The minimum atomic E-state index is -0.576. The predicted molar refractivity (Wildman–Crippen MR) is 97.5 cm³/mol. The van der Waals surface area contributed by atoms with Crippen molar-refractivity contribution >= 4 is 34.3 Å². The van der Waals surface area contributed by atoms with Crippen molar-refractivity contribution in [3.8, 4) is 5.75 Å². The van der Waals surface area contributed by atoms with E-state index in [0.717, 1.165) is 11.1 Å². The molecule has 0 saturated carbocycles. The Morgan fingerprint density at radius 3 is 2.44 bits per heavy atom. The maximum atomic E-state index is 12.6. The molecule has 0 unspecified atom stereocenters. The standard InChI is InChI=1S/C19H17ClN2O3/c1-11-7-13(8-12(2)18(11)20)25-10-17(23)22-9-15(19(21)24)14-5-3-4-6-16(14)22/h3-9H,10H2,1-2H3,(H2,21,24). The number of nitrogens with two attached hydrogens (primary N) is 1. The number of primary amides is 1. The molecule has 0 aliphatic heterocycles. The summed E-state index contributed by atoms with van der Waals surface area (Å²) in [6.07, 6.45) is 1.46. The summed E-state index contributed by atoms with van der Waals surface area (Å²) >= 11 is 6.14. The van der Waals surface area contributed by atoms with E-state index in [2.05, 4.69) is 0 Å². The van der Waals surface area contributed by atoms with Gasteiger partial charge >= 0.3 is 0 Å². The number of halogens is 1. The van der Waals surface area contributed by atoms with Crippen LogP contribution in [0.3, 0.4) is 0 Å². The monoisotopic (exact) mass is 356 g/mol. The Balaban J connectivity index is 1.87. The van der Waals surface area contributed by atoms with Crippen LogP contribution in [0.5, 0.6) is 5.75 Å². The average Bonchev–Trinajstić information content (AvgIpc) is 2.97. The van der Waals surface area contributed by atoms with Crippen LogP contribution < -0.4 is 10.5 Å². The number of carbonyl (C=O) groups excluding carboxylic acids is 2. The van der Waals surface area contributed by atoms with E-state index in [4.69, 9.17) is 22.1 Å². The van der Waals surface area contributed by atoms with Gasteiger partial charge in [-0.25, -0.2) is 0 Å². The Bertz CT molecular complexity index is 968. The normalized spacial score (nSPS) is 10.8. The Morgan fingerprint density at radius 2 is 1.80 bits per heavy atom. The third-order valence-corrected chi connectivity index (χ3v) is 4.61. The molecular formula is C19H17ClN2O3. The summed E-state index contributed by atoms with van der Waals surface area (Å²) in [5.74, 6) is -0.305. The minimum Gasteiger partial charge on any atom is -0.484 e. The fraction of sp³-hybridized carbons (Fsp3) is 0.158. The van der Waals surface area contributed by atoms with Crippen molar-refractivity contribution in [2.75, 3.05) is 6.61 Å². The van der Waals surface area contributed by atoms with E-state index >= 15 is 0 Å². The lowest BCUT2D eigenvalue weighted by molar-refractivity contribution is 0.0843. The van der Waals surface area contributed by atoms with E-state index in [1.54, 1.807) is 36.4 Å². The molecule has 3 rings (SSSR count). The number of amides is 1. The van der Waals surface area contributed by atoms with Crippen LogP contribution >= 0.6 is 11.6 Å². The largest absolute Gasteiger partial charge is 0.484 e. The van der Waals surface area contributed by atoms with Gasteiger partial charge in [0.15, 0.2) is 6.61 Å². The quantitative estimate of drug-likeness (QED) is 0.774. The SMILES string of the molecule is Cc1cc(OCC(=O)n2cc(C(N)=O)c3ccccc32)cc(C)c1Cl. The van der Waals surface area contributed by atoms with Crippen molar-refractivity contribution in [1.29, 1.82) is 0 Å². The van der Waals surface area contributed by atoms with E-state index in [-0.39, 0.29) is 12.5 Å². The maximum absolute atomic E-state index is 12.6. The molecule has 6 heteroatoms. The predicted octanol–water partition coefficient (Wildman–Crippen LogP) is 3.73. The zero-order valence-corrected chi connectivity index (χ0v) is 14.6. The summed E-state index contributed by atoms with van der Waals surface area (Å²) in [7, 11) is 0. The number of fused-ring (bicyclic) bond motifs is 1. The van der Waals surface area contributed by atoms with Crippen LogP contribution in [-0.2, 0) is 0 Å². The van der Waals surface area contributed by atoms with Crippen molar-refractivity contribution in [3.05, 3.63) is 64.3 Å². The van der Waals surface area contributed by atoms with Gasteiger partial charge in [-0.05, 0) is 43.2 Å². The maximum Gasteiger partial charge on any atom is 0.269 e.